The van der Waals surface area contributed by atoms with Gasteiger partial charge in [0.15, 0.2) is 5.11 Å². The number of benzene rings is 1. The van der Waals surface area contributed by atoms with E-state index in [1.165, 1.54) is 63.6 Å². The van der Waals surface area contributed by atoms with Gasteiger partial charge in [0.1, 0.15) is 6.04 Å². The van der Waals surface area contributed by atoms with E-state index in [4.69, 9.17) is 12.2 Å². The number of hydrogen-bond donors (Lipinski definition) is 3. The van der Waals surface area contributed by atoms with E-state index in [9.17, 15) is 0 Å². The maximum atomic E-state index is 5.55. The van der Waals surface area contributed by atoms with Crippen molar-refractivity contribution in [3.63, 3.8) is 0 Å². The zero-order chi connectivity index (χ0) is 15.9. The summed E-state index contributed by atoms with van der Waals surface area (Å²) in [5.74, 6) is 0. The topological polar surface area (TPSA) is 28.5 Å². The number of rotatable bonds is 5. The molecule has 1 aromatic rings. The third-order valence-corrected chi connectivity index (χ3v) is 5.61. The molecule has 1 aliphatic carbocycles. The fourth-order valence-corrected chi connectivity index (χ4v) is 4.29. The summed E-state index contributed by atoms with van der Waals surface area (Å²) in [5.41, 5.74) is 1.43. The van der Waals surface area contributed by atoms with E-state index >= 15 is 0 Å². The van der Waals surface area contributed by atoms with Crippen LogP contribution >= 0.6 is 12.2 Å². The smallest absolute Gasteiger partial charge is 0.166 e. The van der Waals surface area contributed by atoms with Crippen LogP contribution in [0.4, 0.5) is 0 Å². The summed E-state index contributed by atoms with van der Waals surface area (Å²) in [6.07, 6.45) is 9.29. The lowest BCUT2D eigenvalue weighted by Gasteiger charge is -2.28. The molecule has 0 unspecified atom stereocenters. The quantitative estimate of drug-likeness (QED) is 0.722. The highest BCUT2D eigenvalue weighted by molar-refractivity contribution is 7.80. The molecule has 1 heterocycles. The third-order valence-electron chi connectivity index (χ3n) is 5.35. The second-order valence-electron chi connectivity index (χ2n) is 7.02. The van der Waals surface area contributed by atoms with Crippen LogP contribution in [0.1, 0.15) is 56.6 Å². The third kappa shape index (κ3) is 4.92. The molecule has 0 amide bonds. The van der Waals surface area contributed by atoms with Gasteiger partial charge in [0.2, 0.25) is 0 Å². The Balaban J connectivity index is 1.54. The molecule has 3 rings (SSSR count). The molecule has 4 heteroatoms. The molecule has 0 bridgehead atoms. The van der Waals surface area contributed by atoms with E-state index in [1.807, 2.05) is 0 Å². The molecule has 1 saturated heterocycles. The van der Waals surface area contributed by atoms with Gasteiger partial charge in [-0.3, -0.25) is 0 Å². The predicted octanol–water partition coefficient (Wildman–Crippen LogP) is 2.20. The molecule has 3 N–H and O–H groups in total. The summed E-state index contributed by atoms with van der Waals surface area (Å²) in [7, 11) is 0. The number of likely N-dealkylation sites (tertiary alicyclic amines) is 1. The Hall–Kier alpha value is -1.13. The first-order valence-electron chi connectivity index (χ1n) is 9.27. The summed E-state index contributed by atoms with van der Waals surface area (Å²) >= 11 is 5.55. The normalized spacial score (nSPS) is 21.0. The van der Waals surface area contributed by atoms with Crippen LogP contribution in [0.2, 0.25) is 0 Å². The average Bonchev–Trinajstić information content (AvgIpc) is 3.11. The average molecular weight is 333 g/mol. The highest BCUT2D eigenvalue weighted by atomic mass is 32.1. The Bertz CT molecular complexity index is 479. The Morgan fingerprint density at radius 1 is 1.04 bits per heavy atom. The monoisotopic (exact) mass is 332 g/mol. The molecule has 3 nitrogen and oxygen atoms in total. The fourth-order valence-electron chi connectivity index (χ4n) is 4.04. The van der Waals surface area contributed by atoms with Crippen LogP contribution in [-0.2, 0) is 0 Å². The van der Waals surface area contributed by atoms with Crippen molar-refractivity contribution in [3.8, 4) is 0 Å². The second kappa shape index (κ2) is 8.65. The maximum Gasteiger partial charge on any atom is 0.166 e. The molecule has 126 valence electrons. The number of nitrogens with one attached hydrogen (secondary N) is 3. The van der Waals surface area contributed by atoms with Crippen molar-refractivity contribution in [3.05, 3.63) is 35.9 Å². The lowest BCUT2D eigenvalue weighted by atomic mass is 9.96. The Labute approximate surface area is 145 Å². The van der Waals surface area contributed by atoms with Crippen molar-refractivity contribution in [2.75, 3.05) is 19.6 Å². The van der Waals surface area contributed by atoms with E-state index in [-0.39, 0.29) is 0 Å². The minimum Gasteiger partial charge on any atom is -0.360 e. The van der Waals surface area contributed by atoms with E-state index in [0.29, 0.717) is 12.1 Å². The first-order valence-corrected chi connectivity index (χ1v) is 9.67. The lowest BCUT2D eigenvalue weighted by molar-refractivity contribution is -0.918. The van der Waals surface area contributed by atoms with Crippen molar-refractivity contribution in [1.82, 2.24) is 10.6 Å². The molecule has 2 aliphatic rings. The molecule has 1 atom stereocenters. The summed E-state index contributed by atoms with van der Waals surface area (Å²) in [5, 5.41) is 7.88. The van der Waals surface area contributed by atoms with Crippen LogP contribution in [0, 0.1) is 0 Å². The minimum absolute atomic E-state index is 0.504. The van der Waals surface area contributed by atoms with E-state index in [1.54, 1.807) is 4.90 Å². The van der Waals surface area contributed by atoms with Crippen molar-refractivity contribution in [1.29, 1.82) is 0 Å². The molecular formula is C19H30N3S+. The summed E-state index contributed by atoms with van der Waals surface area (Å²) in [4.78, 5) is 1.70. The van der Waals surface area contributed by atoms with E-state index < -0.39 is 0 Å². The maximum absolute atomic E-state index is 5.55. The highest BCUT2D eigenvalue weighted by Crippen LogP contribution is 2.17. The number of hydrogen-bond acceptors (Lipinski definition) is 1. The molecule has 1 aromatic carbocycles. The van der Waals surface area contributed by atoms with Gasteiger partial charge in [0.25, 0.3) is 0 Å². The molecule has 2 fully saturated rings. The van der Waals surface area contributed by atoms with Crippen molar-refractivity contribution < 1.29 is 4.90 Å². The van der Waals surface area contributed by atoms with Crippen LogP contribution in [-0.4, -0.2) is 30.8 Å². The first-order chi connectivity index (χ1) is 11.3. The van der Waals surface area contributed by atoms with Crippen LogP contribution in [0.15, 0.2) is 30.3 Å². The largest absolute Gasteiger partial charge is 0.360 e. The van der Waals surface area contributed by atoms with Crippen LogP contribution in [0.25, 0.3) is 0 Å². The van der Waals surface area contributed by atoms with Gasteiger partial charge < -0.3 is 15.5 Å². The van der Waals surface area contributed by atoms with E-state index in [0.717, 1.165) is 11.7 Å². The Morgan fingerprint density at radius 2 is 1.74 bits per heavy atom. The van der Waals surface area contributed by atoms with Crippen molar-refractivity contribution in [2.24, 2.45) is 0 Å². The molecule has 0 radical (unpaired) electrons. The zero-order valence-electron chi connectivity index (χ0n) is 14.0. The minimum atomic E-state index is 0.504. The molecule has 0 spiro atoms. The van der Waals surface area contributed by atoms with Gasteiger partial charge in [-0.2, -0.15) is 0 Å². The molecule has 1 aliphatic heterocycles. The molecule has 23 heavy (non-hydrogen) atoms. The summed E-state index contributed by atoms with van der Waals surface area (Å²) < 4.78 is 0. The van der Waals surface area contributed by atoms with Crippen LogP contribution < -0.4 is 15.5 Å². The predicted molar refractivity (Wildman–Crippen MR) is 99.7 cm³/mol. The van der Waals surface area contributed by atoms with Crippen molar-refractivity contribution in [2.45, 2.75) is 57.0 Å². The fraction of sp³-hybridized carbons (Fsp3) is 0.632. The number of thiocarbonyl (C=S) groups is 1. The van der Waals surface area contributed by atoms with Gasteiger partial charge in [0, 0.05) is 24.4 Å². The van der Waals surface area contributed by atoms with Crippen molar-refractivity contribution >= 4 is 17.3 Å². The number of quaternary nitrogens is 1. The Kier molecular flexibility index (Phi) is 6.29. The first kappa shape index (κ1) is 16.7. The van der Waals surface area contributed by atoms with Crippen LogP contribution in [0.5, 0.6) is 0 Å². The van der Waals surface area contributed by atoms with Crippen LogP contribution in [0.3, 0.4) is 0 Å². The SMILES string of the molecule is S=C(NC[C@H](c1ccccc1)[NH+]1CCCC1)NC1CCCCC1. The standard InChI is InChI=1S/C19H29N3S/c23-19(21-17-11-5-2-6-12-17)20-15-18(22-13-7-8-14-22)16-9-3-1-4-10-16/h1,3-4,9-10,17-18H,2,5-8,11-15H2,(H2,20,21,23)/p+1/t18-/m1/s1. The van der Waals surface area contributed by atoms with Gasteiger partial charge >= 0.3 is 0 Å². The Morgan fingerprint density at radius 3 is 2.43 bits per heavy atom. The molecule has 0 aromatic heterocycles. The van der Waals surface area contributed by atoms with Gasteiger partial charge in [0.05, 0.1) is 19.6 Å². The van der Waals surface area contributed by atoms with E-state index in [2.05, 4.69) is 41.0 Å². The van der Waals surface area contributed by atoms with Gasteiger partial charge in [-0.15, -0.1) is 0 Å². The van der Waals surface area contributed by atoms with Gasteiger partial charge in [-0.05, 0) is 25.1 Å². The lowest BCUT2D eigenvalue weighted by Crippen LogP contribution is -3.11. The highest BCUT2D eigenvalue weighted by Gasteiger charge is 2.27. The summed E-state index contributed by atoms with van der Waals surface area (Å²) in [6.45, 7) is 3.49. The second-order valence-corrected chi connectivity index (χ2v) is 7.43. The van der Waals surface area contributed by atoms with Gasteiger partial charge in [-0.25, -0.2) is 0 Å². The molecular weight excluding hydrogens is 302 g/mol. The zero-order valence-corrected chi connectivity index (χ0v) is 14.8. The molecule has 1 saturated carbocycles. The van der Waals surface area contributed by atoms with Gasteiger partial charge in [-0.1, -0.05) is 49.6 Å². The summed E-state index contributed by atoms with van der Waals surface area (Å²) in [6, 6.07) is 12.0.